The fraction of sp³-hybridized carbons (Fsp3) is 0.364. The van der Waals surface area contributed by atoms with Gasteiger partial charge in [0.2, 0.25) is 0 Å². The Balaban J connectivity index is 0.000000327. The second-order valence-electron chi connectivity index (χ2n) is 15.9. The van der Waals surface area contributed by atoms with Crippen molar-refractivity contribution in [3.8, 4) is 11.1 Å². The van der Waals surface area contributed by atoms with Gasteiger partial charge in [0, 0.05) is 17.3 Å². The smallest absolute Gasteiger partial charge is 0.480 e. The molecule has 2 amide bonds. The van der Waals surface area contributed by atoms with Crippen LogP contribution >= 0.6 is 15.9 Å². The van der Waals surface area contributed by atoms with Crippen LogP contribution in [0.3, 0.4) is 0 Å². The van der Waals surface area contributed by atoms with E-state index in [-0.39, 0.29) is 12.8 Å². The lowest BCUT2D eigenvalue weighted by molar-refractivity contribution is -0.140. The fourth-order valence-electron chi connectivity index (χ4n) is 5.30. The number of carboxylic acids is 2. The summed E-state index contributed by atoms with van der Waals surface area (Å²) in [6, 6.07) is 24.8. The van der Waals surface area contributed by atoms with Crippen LogP contribution in [0.1, 0.15) is 74.9 Å². The van der Waals surface area contributed by atoms with Crippen molar-refractivity contribution < 1.29 is 48.9 Å². The number of halogens is 1. The van der Waals surface area contributed by atoms with Crippen LogP contribution in [0.15, 0.2) is 89.4 Å². The molecule has 0 saturated heterocycles. The molecule has 0 radical (unpaired) electrons. The van der Waals surface area contributed by atoms with Gasteiger partial charge in [0.15, 0.2) is 0 Å². The van der Waals surface area contributed by atoms with Gasteiger partial charge in [0.05, 0.1) is 0 Å². The van der Waals surface area contributed by atoms with E-state index in [0.29, 0.717) is 5.46 Å². The Labute approximate surface area is 350 Å². The average molecular weight is 864 g/mol. The third-order valence-electron chi connectivity index (χ3n) is 8.14. The molecule has 4 aromatic carbocycles. The molecule has 0 aliphatic heterocycles. The zero-order chi connectivity index (χ0) is 44.0. The number of benzene rings is 4. The SMILES string of the molecule is CC(C)(C)OC(=O)N[C@H](Cc1ccc(Br)cc1)C(=O)O.Cc1ccc(C)c(-c2ccc(C[C@@H](NC(=O)OC(C)(C)C)C(=O)O)cc2)c1.Cc1ccc(C)c(B(O)O)c1. The highest BCUT2D eigenvalue weighted by Gasteiger charge is 2.25. The molecule has 14 heteroatoms. The number of ether oxygens (including phenoxy) is 2. The highest BCUT2D eigenvalue weighted by Crippen LogP contribution is 2.25. The van der Waals surface area contributed by atoms with Crippen LogP contribution in [0.25, 0.3) is 11.1 Å². The summed E-state index contributed by atoms with van der Waals surface area (Å²) < 4.78 is 11.1. The van der Waals surface area contributed by atoms with Crippen molar-refractivity contribution >= 4 is 52.6 Å². The van der Waals surface area contributed by atoms with Gasteiger partial charge in [0.25, 0.3) is 0 Å². The van der Waals surface area contributed by atoms with Gasteiger partial charge in [0.1, 0.15) is 23.3 Å². The summed E-state index contributed by atoms with van der Waals surface area (Å²) in [6.45, 7) is 18.2. The Morgan fingerprint density at radius 3 is 1.40 bits per heavy atom. The van der Waals surface area contributed by atoms with E-state index in [0.717, 1.165) is 37.9 Å². The first-order valence-electron chi connectivity index (χ1n) is 18.6. The number of amides is 2. The molecule has 0 bridgehead atoms. The molecule has 6 N–H and O–H groups in total. The number of aryl methyl sites for hydroxylation is 4. The first kappa shape index (κ1) is 49.0. The monoisotopic (exact) mass is 862 g/mol. The summed E-state index contributed by atoms with van der Waals surface area (Å²) in [5.74, 6) is -2.20. The van der Waals surface area contributed by atoms with Crippen LogP contribution in [0.2, 0.25) is 0 Å². The topological polar surface area (TPSA) is 192 Å². The van der Waals surface area contributed by atoms with Crippen LogP contribution in [0.5, 0.6) is 0 Å². The Kier molecular flexibility index (Phi) is 18.7. The predicted molar refractivity (Wildman–Crippen MR) is 230 cm³/mol. The van der Waals surface area contributed by atoms with Gasteiger partial charge in [-0.25, -0.2) is 19.2 Å². The molecule has 0 saturated carbocycles. The van der Waals surface area contributed by atoms with Gasteiger partial charge in [-0.3, -0.25) is 0 Å². The Morgan fingerprint density at radius 1 is 0.621 bits per heavy atom. The molecule has 12 nitrogen and oxygen atoms in total. The van der Waals surface area contributed by atoms with Crippen LogP contribution in [-0.4, -0.2) is 74.8 Å². The molecule has 0 heterocycles. The van der Waals surface area contributed by atoms with Crippen LogP contribution < -0.4 is 16.1 Å². The van der Waals surface area contributed by atoms with E-state index in [4.69, 9.17) is 24.6 Å². The lowest BCUT2D eigenvalue weighted by Gasteiger charge is -2.22. The molecule has 0 fully saturated rings. The molecular weight excluding hydrogens is 807 g/mol. The minimum absolute atomic E-state index is 0.182. The highest BCUT2D eigenvalue weighted by atomic mass is 79.9. The minimum Gasteiger partial charge on any atom is -0.480 e. The van der Waals surface area contributed by atoms with E-state index in [1.165, 1.54) is 11.1 Å². The maximum Gasteiger partial charge on any atom is 0.488 e. The van der Waals surface area contributed by atoms with E-state index >= 15 is 0 Å². The van der Waals surface area contributed by atoms with Crippen molar-refractivity contribution in [3.63, 3.8) is 0 Å². The maximum absolute atomic E-state index is 11.9. The molecule has 312 valence electrons. The maximum atomic E-state index is 11.9. The predicted octanol–water partition coefficient (Wildman–Crippen LogP) is 7.44. The molecule has 2 atom stereocenters. The Hall–Kier alpha value is -5.18. The Bertz CT molecular complexity index is 1990. The number of carbonyl (C=O) groups excluding carboxylic acids is 2. The summed E-state index contributed by atoms with van der Waals surface area (Å²) in [4.78, 5) is 46.2. The normalized spacial score (nSPS) is 11.9. The largest absolute Gasteiger partial charge is 0.488 e. The third kappa shape index (κ3) is 18.4. The lowest BCUT2D eigenvalue weighted by atomic mass is 9.77. The highest BCUT2D eigenvalue weighted by molar-refractivity contribution is 9.10. The van der Waals surface area contributed by atoms with E-state index in [2.05, 4.69) is 58.6 Å². The zero-order valence-electron chi connectivity index (χ0n) is 34.8. The number of carbonyl (C=O) groups is 4. The summed E-state index contributed by atoms with van der Waals surface area (Å²) in [5.41, 5.74) is 7.44. The van der Waals surface area contributed by atoms with Gasteiger partial charge in [-0.2, -0.15) is 0 Å². The molecule has 0 spiro atoms. The van der Waals surface area contributed by atoms with Gasteiger partial charge in [-0.1, -0.05) is 105 Å². The summed E-state index contributed by atoms with van der Waals surface area (Å²) in [5, 5.41) is 41.1. The summed E-state index contributed by atoms with van der Waals surface area (Å²) >= 11 is 3.31. The van der Waals surface area contributed by atoms with E-state index in [1.807, 2.05) is 62.4 Å². The number of alkyl carbamates (subject to hydrolysis) is 2. The van der Waals surface area contributed by atoms with Gasteiger partial charge in [-0.05, 0) is 115 Å². The number of carboxylic acid groups (broad SMARTS) is 2. The van der Waals surface area contributed by atoms with Crippen molar-refractivity contribution in [2.24, 2.45) is 0 Å². The molecule has 0 aliphatic rings. The quantitative estimate of drug-likeness (QED) is 0.0874. The number of hydrogen-bond acceptors (Lipinski definition) is 8. The van der Waals surface area contributed by atoms with Gasteiger partial charge < -0.3 is 40.4 Å². The fourth-order valence-corrected chi connectivity index (χ4v) is 5.56. The molecular formula is C44H56BBrN2O10. The molecule has 0 aromatic heterocycles. The van der Waals surface area contributed by atoms with Gasteiger partial charge >= 0.3 is 31.2 Å². The van der Waals surface area contributed by atoms with E-state index in [9.17, 15) is 24.3 Å². The van der Waals surface area contributed by atoms with E-state index < -0.39 is 54.5 Å². The molecule has 58 heavy (non-hydrogen) atoms. The summed E-state index contributed by atoms with van der Waals surface area (Å²) in [6.07, 6.45) is -1.09. The Morgan fingerprint density at radius 2 is 1.02 bits per heavy atom. The standard InChI is InChI=1S/C22H27NO4.C14H18BrNO4.C8H11BO2/c1-14-6-7-15(2)18(12-14)17-10-8-16(9-11-17)13-19(20(24)25)23-21(26)27-22(3,4)5;1-14(2,3)20-13(19)16-11(12(17)18)8-9-4-6-10(15)7-5-9;1-6-3-4-7(2)8(5-6)9(10)11/h6-12,19H,13H2,1-5H3,(H,23,26)(H,24,25);4-7,11H,8H2,1-3H3,(H,16,19)(H,17,18);3-5,10-11H,1-2H3/t19-;11-;/m11./s1. The van der Waals surface area contributed by atoms with Crippen LogP contribution in [-0.2, 0) is 31.9 Å². The first-order chi connectivity index (χ1) is 26.8. The minimum atomic E-state index is -1.35. The molecule has 4 aromatic rings. The number of nitrogens with one attached hydrogen (secondary N) is 2. The number of rotatable bonds is 10. The van der Waals surface area contributed by atoms with Crippen molar-refractivity contribution in [1.29, 1.82) is 0 Å². The first-order valence-corrected chi connectivity index (χ1v) is 19.4. The molecule has 4 rings (SSSR count). The van der Waals surface area contributed by atoms with Crippen molar-refractivity contribution in [3.05, 3.63) is 123 Å². The van der Waals surface area contributed by atoms with Crippen LogP contribution in [0.4, 0.5) is 9.59 Å². The lowest BCUT2D eigenvalue weighted by Crippen LogP contribution is -2.44. The van der Waals surface area contributed by atoms with Crippen molar-refractivity contribution in [1.82, 2.24) is 10.6 Å². The molecule has 0 aliphatic carbocycles. The van der Waals surface area contributed by atoms with Crippen LogP contribution in [0, 0.1) is 27.7 Å². The number of hydrogen-bond donors (Lipinski definition) is 6. The van der Waals surface area contributed by atoms with E-state index in [1.54, 1.807) is 59.7 Å². The third-order valence-corrected chi connectivity index (χ3v) is 8.67. The molecule has 0 unspecified atom stereocenters. The summed E-state index contributed by atoms with van der Waals surface area (Å²) in [7, 11) is -1.35. The zero-order valence-corrected chi connectivity index (χ0v) is 36.4. The van der Waals surface area contributed by atoms with Crippen molar-refractivity contribution in [2.75, 3.05) is 0 Å². The number of aliphatic carboxylic acids is 2. The average Bonchev–Trinajstić information content (AvgIpc) is 3.10. The van der Waals surface area contributed by atoms with Gasteiger partial charge in [-0.15, -0.1) is 0 Å². The second-order valence-corrected chi connectivity index (χ2v) is 16.8. The second kappa shape index (κ2) is 22.1. The van der Waals surface area contributed by atoms with Crippen molar-refractivity contribution in [2.45, 2.75) is 105 Å².